The smallest absolute Gasteiger partial charge is 0.243 e. The van der Waals surface area contributed by atoms with Crippen LogP contribution in [0.3, 0.4) is 0 Å². The number of sulfonamides is 1. The van der Waals surface area contributed by atoms with E-state index in [0.717, 1.165) is 30.5 Å². The highest BCUT2D eigenvalue weighted by molar-refractivity contribution is 7.89. The number of anilines is 2. The summed E-state index contributed by atoms with van der Waals surface area (Å²) < 4.78 is 27.0. The van der Waals surface area contributed by atoms with Crippen molar-refractivity contribution in [2.45, 2.75) is 37.5 Å². The summed E-state index contributed by atoms with van der Waals surface area (Å²) in [5.74, 6) is -0.766. The van der Waals surface area contributed by atoms with Gasteiger partial charge in [-0.2, -0.15) is 4.31 Å². The molecule has 7 nitrogen and oxygen atoms in total. The summed E-state index contributed by atoms with van der Waals surface area (Å²) >= 11 is 0. The van der Waals surface area contributed by atoms with Crippen LogP contribution >= 0.6 is 0 Å². The predicted octanol–water partition coefficient (Wildman–Crippen LogP) is 3.16. The first-order chi connectivity index (χ1) is 14.9. The maximum absolute atomic E-state index is 12.8. The van der Waals surface area contributed by atoms with Crippen LogP contribution in [0.5, 0.6) is 0 Å². The lowest BCUT2D eigenvalue weighted by molar-refractivity contribution is -0.122. The number of hydrogen-bond acceptors (Lipinski definition) is 4. The lowest BCUT2D eigenvalue weighted by atomic mass is 10.1. The van der Waals surface area contributed by atoms with E-state index >= 15 is 0 Å². The molecule has 2 heterocycles. The second-order valence-corrected chi connectivity index (χ2v) is 10.1. The molecule has 2 aliphatic rings. The van der Waals surface area contributed by atoms with Crippen LogP contribution in [-0.2, 0) is 19.6 Å². The van der Waals surface area contributed by atoms with Gasteiger partial charge in [-0.1, -0.05) is 24.6 Å². The Morgan fingerprint density at radius 3 is 2.35 bits per heavy atom. The lowest BCUT2D eigenvalue weighted by Gasteiger charge is -2.25. The van der Waals surface area contributed by atoms with Gasteiger partial charge in [-0.15, -0.1) is 0 Å². The van der Waals surface area contributed by atoms with Crippen molar-refractivity contribution < 1.29 is 18.0 Å². The number of carbonyl (C=O) groups excluding carboxylic acids is 2. The maximum atomic E-state index is 12.8. The minimum absolute atomic E-state index is 0.0718. The molecule has 2 fully saturated rings. The van der Waals surface area contributed by atoms with E-state index < -0.39 is 15.9 Å². The molecule has 0 unspecified atom stereocenters. The van der Waals surface area contributed by atoms with Gasteiger partial charge in [-0.05, 0) is 55.7 Å². The Bertz CT molecular complexity index is 1080. The lowest BCUT2D eigenvalue weighted by Crippen LogP contribution is -2.35. The summed E-state index contributed by atoms with van der Waals surface area (Å²) in [6, 6.07) is 13.9. The Morgan fingerprint density at radius 2 is 1.68 bits per heavy atom. The van der Waals surface area contributed by atoms with Gasteiger partial charge in [0.15, 0.2) is 0 Å². The van der Waals surface area contributed by atoms with Crippen LogP contribution in [-0.4, -0.2) is 44.2 Å². The first-order valence-corrected chi connectivity index (χ1v) is 12.1. The van der Waals surface area contributed by atoms with E-state index in [2.05, 4.69) is 5.32 Å². The summed E-state index contributed by atoms with van der Waals surface area (Å²) in [5.41, 5.74) is 2.34. The average Bonchev–Trinajstić information content (AvgIpc) is 3.17. The number of piperidine rings is 1. The van der Waals surface area contributed by atoms with Crippen molar-refractivity contribution in [3.8, 4) is 0 Å². The Hall–Kier alpha value is -2.71. The summed E-state index contributed by atoms with van der Waals surface area (Å²) in [7, 11) is -3.50. The second-order valence-electron chi connectivity index (χ2n) is 8.17. The van der Waals surface area contributed by atoms with Crippen LogP contribution in [0.4, 0.5) is 11.4 Å². The zero-order chi connectivity index (χ0) is 22.0. The van der Waals surface area contributed by atoms with Crippen molar-refractivity contribution >= 4 is 33.2 Å². The molecule has 1 atom stereocenters. The largest absolute Gasteiger partial charge is 0.326 e. The molecular formula is C23H27N3O4S. The Kier molecular flexibility index (Phi) is 6.11. The Morgan fingerprint density at radius 1 is 1.00 bits per heavy atom. The molecular weight excluding hydrogens is 414 g/mol. The molecule has 164 valence electrons. The number of hydrogen-bond donors (Lipinski definition) is 1. The normalized spacial score (nSPS) is 20.1. The van der Waals surface area contributed by atoms with Crippen LogP contribution in [0, 0.1) is 12.8 Å². The summed E-state index contributed by atoms with van der Waals surface area (Å²) in [4.78, 5) is 27.1. The van der Waals surface area contributed by atoms with Crippen molar-refractivity contribution in [3.05, 3.63) is 54.1 Å². The highest BCUT2D eigenvalue weighted by atomic mass is 32.2. The van der Waals surface area contributed by atoms with E-state index in [1.807, 2.05) is 31.2 Å². The van der Waals surface area contributed by atoms with Gasteiger partial charge in [0.1, 0.15) is 0 Å². The molecule has 0 saturated carbocycles. The molecule has 2 saturated heterocycles. The predicted molar refractivity (Wildman–Crippen MR) is 119 cm³/mol. The van der Waals surface area contributed by atoms with E-state index in [-0.39, 0.29) is 23.1 Å². The fourth-order valence-electron chi connectivity index (χ4n) is 4.19. The molecule has 4 rings (SSSR count). The molecule has 2 aliphatic heterocycles. The Balaban J connectivity index is 1.41. The SMILES string of the molecule is Cc1ccccc1N1C[C@@H](C(=O)Nc2ccc(S(=O)(=O)N3CCCCC3)cc2)CC1=O. The fraction of sp³-hybridized carbons (Fsp3) is 0.391. The van der Waals surface area contributed by atoms with Crippen molar-refractivity contribution in [2.75, 3.05) is 29.9 Å². The van der Waals surface area contributed by atoms with Gasteiger partial charge in [0.2, 0.25) is 21.8 Å². The number of nitrogens with zero attached hydrogens (tertiary/aromatic N) is 2. The number of carbonyl (C=O) groups is 2. The van der Waals surface area contributed by atoms with Crippen molar-refractivity contribution in [3.63, 3.8) is 0 Å². The number of benzene rings is 2. The van der Waals surface area contributed by atoms with Crippen LogP contribution < -0.4 is 10.2 Å². The second kappa shape index (κ2) is 8.80. The van der Waals surface area contributed by atoms with Crippen LogP contribution in [0.2, 0.25) is 0 Å². The van der Waals surface area contributed by atoms with E-state index in [1.165, 1.54) is 16.4 Å². The van der Waals surface area contributed by atoms with Gasteiger partial charge >= 0.3 is 0 Å². The van der Waals surface area contributed by atoms with Gasteiger partial charge in [-0.25, -0.2) is 8.42 Å². The molecule has 2 aromatic carbocycles. The third-order valence-electron chi connectivity index (χ3n) is 5.98. The van der Waals surface area contributed by atoms with Crippen LogP contribution in [0.15, 0.2) is 53.4 Å². The van der Waals surface area contributed by atoms with Crippen LogP contribution in [0.1, 0.15) is 31.2 Å². The fourth-order valence-corrected chi connectivity index (χ4v) is 5.71. The first kappa shape index (κ1) is 21.5. The molecule has 0 radical (unpaired) electrons. The van der Waals surface area contributed by atoms with Gasteiger partial charge < -0.3 is 10.2 Å². The minimum atomic E-state index is -3.50. The van der Waals surface area contributed by atoms with E-state index in [1.54, 1.807) is 17.0 Å². The minimum Gasteiger partial charge on any atom is -0.326 e. The van der Waals surface area contributed by atoms with E-state index in [9.17, 15) is 18.0 Å². The van der Waals surface area contributed by atoms with Gasteiger partial charge in [0.25, 0.3) is 0 Å². The zero-order valence-electron chi connectivity index (χ0n) is 17.6. The molecule has 1 N–H and O–H groups in total. The third-order valence-corrected chi connectivity index (χ3v) is 7.89. The molecule has 0 aromatic heterocycles. The number of para-hydroxylation sites is 1. The van der Waals surface area contributed by atoms with Crippen molar-refractivity contribution in [1.29, 1.82) is 0 Å². The molecule has 2 amide bonds. The number of amides is 2. The van der Waals surface area contributed by atoms with E-state index in [0.29, 0.717) is 25.3 Å². The van der Waals surface area contributed by atoms with Crippen LogP contribution in [0.25, 0.3) is 0 Å². The maximum Gasteiger partial charge on any atom is 0.243 e. The molecule has 8 heteroatoms. The third kappa shape index (κ3) is 4.50. The zero-order valence-corrected chi connectivity index (χ0v) is 18.4. The summed E-state index contributed by atoms with van der Waals surface area (Å²) in [5, 5.41) is 2.82. The number of rotatable bonds is 5. The first-order valence-electron chi connectivity index (χ1n) is 10.6. The molecule has 0 spiro atoms. The van der Waals surface area contributed by atoms with Gasteiger partial charge in [-0.3, -0.25) is 9.59 Å². The average molecular weight is 442 g/mol. The Labute approximate surface area is 183 Å². The molecule has 31 heavy (non-hydrogen) atoms. The summed E-state index contributed by atoms with van der Waals surface area (Å²) in [6.07, 6.45) is 2.98. The monoisotopic (exact) mass is 441 g/mol. The van der Waals surface area contributed by atoms with Crippen molar-refractivity contribution in [2.24, 2.45) is 5.92 Å². The quantitative estimate of drug-likeness (QED) is 0.772. The summed E-state index contributed by atoms with van der Waals surface area (Å²) in [6.45, 7) is 3.37. The number of aryl methyl sites for hydroxylation is 1. The molecule has 2 aromatic rings. The van der Waals surface area contributed by atoms with Gasteiger partial charge in [0, 0.05) is 37.4 Å². The van der Waals surface area contributed by atoms with E-state index in [4.69, 9.17) is 0 Å². The molecule has 0 aliphatic carbocycles. The highest BCUT2D eigenvalue weighted by Crippen LogP contribution is 2.29. The van der Waals surface area contributed by atoms with Gasteiger partial charge in [0.05, 0.1) is 10.8 Å². The highest BCUT2D eigenvalue weighted by Gasteiger charge is 2.35. The topological polar surface area (TPSA) is 86.8 Å². The van der Waals surface area contributed by atoms with Crippen molar-refractivity contribution in [1.82, 2.24) is 4.31 Å². The standard InChI is InChI=1S/C23H27N3O4S/c1-17-7-3-4-8-21(17)26-16-18(15-22(26)27)23(28)24-19-9-11-20(12-10-19)31(29,30)25-13-5-2-6-14-25/h3-4,7-12,18H,2,5-6,13-16H2,1H3,(H,24,28)/t18-/m0/s1. The molecule has 0 bridgehead atoms. The number of nitrogens with one attached hydrogen (secondary N) is 1.